The van der Waals surface area contributed by atoms with E-state index in [0.717, 1.165) is 13.8 Å². The SMILES string of the molecule is CC(=O)N[C@@H]1[C@@H](OC(C)=O)[C@H](OC(C)=O)[C@H](COC(C)=O)O[C@@H]1N=C=S. The van der Waals surface area contributed by atoms with Crippen LogP contribution in [-0.2, 0) is 38.1 Å². The Hall–Kier alpha value is -2.36. The summed E-state index contributed by atoms with van der Waals surface area (Å²) in [5.74, 6) is -2.40. The molecule has 1 N–H and O–H groups in total. The van der Waals surface area contributed by atoms with Crippen molar-refractivity contribution in [1.29, 1.82) is 0 Å². The second kappa shape index (κ2) is 9.95. The second-order valence-electron chi connectivity index (χ2n) is 5.46. The van der Waals surface area contributed by atoms with Crippen molar-refractivity contribution in [2.45, 2.75) is 58.3 Å². The van der Waals surface area contributed by atoms with Gasteiger partial charge >= 0.3 is 17.9 Å². The summed E-state index contributed by atoms with van der Waals surface area (Å²) >= 11 is 4.58. The molecule has 0 aromatic heterocycles. The fraction of sp³-hybridized carbons (Fsp3) is 0.667. The van der Waals surface area contributed by atoms with Crippen LogP contribution in [0.5, 0.6) is 0 Å². The molecular formula is C15H20N2O8S. The van der Waals surface area contributed by atoms with E-state index in [4.69, 9.17) is 18.9 Å². The molecule has 1 saturated heterocycles. The molecule has 26 heavy (non-hydrogen) atoms. The minimum Gasteiger partial charge on any atom is -0.463 e. The Morgan fingerprint density at radius 3 is 2.08 bits per heavy atom. The van der Waals surface area contributed by atoms with E-state index in [0.29, 0.717) is 0 Å². The molecule has 1 rings (SSSR count). The molecule has 0 radical (unpaired) electrons. The maximum atomic E-state index is 11.5. The predicted octanol–water partition coefficient (Wildman–Crippen LogP) is -0.255. The Labute approximate surface area is 155 Å². The van der Waals surface area contributed by atoms with Gasteiger partial charge in [0.05, 0.1) is 5.16 Å². The van der Waals surface area contributed by atoms with Crippen molar-refractivity contribution >= 4 is 41.2 Å². The normalized spacial score (nSPS) is 27.5. The van der Waals surface area contributed by atoms with Gasteiger partial charge in [0.15, 0.2) is 18.4 Å². The van der Waals surface area contributed by atoms with Crippen LogP contribution in [0.25, 0.3) is 0 Å². The van der Waals surface area contributed by atoms with Gasteiger partial charge in [-0.2, -0.15) is 4.99 Å². The highest BCUT2D eigenvalue weighted by Crippen LogP contribution is 2.27. The van der Waals surface area contributed by atoms with Crippen LogP contribution in [0, 0.1) is 0 Å². The average Bonchev–Trinajstić information content (AvgIpc) is 2.50. The summed E-state index contributed by atoms with van der Waals surface area (Å²) in [4.78, 5) is 49.5. The van der Waals surface area contributed by atoms with E-state index in [1.807, 2.05) is 0 Å². The zero-order chi connectivity index (χ0) is 19.9. The van der Waals surface area contributed by atoms with Crippen LogP contribution < -0.4 is 5.32 Å². The molecule has 0 aromatic rings. The molecule has 1 amide bonds. The zero-order valence-corrected chi connectivity index (χ0v) is 15.5. The van der Waals surface area contributed by atoms with Gasteiger partial charge in [-0.15, -0.1) is 0 Å². The van der Waals surface area contributed by atoms with Crippen LogP contribution in [0.15, 0.2) is 4.99 Å². The molecule has 0 saturated carbocycles. The van der Waals surface area contributed by atoms with Crippen molar-refractivity contribution in [2.24, 2.45) is 4.99 Å². The molecule has 11 heteroatoms. The maximum absolute atomic E-state index is 11.5. The van der Waals surface area contributed by atoms with Crippen LogP contribution in [0.2, 0.25) is 0 Å². The number of ether oxygens (including phenoxy) is 4. The number of carbonyl (C=O) groups is 4. The first kappa shape index (κ1) is 21.7. The van der Waals surface area contributed by atoms with Crippen molar-refractivity contribution in [1.82, 2.24) is 5.32 Å². The quantitative estimate of drug-likeness (QED) is 0.283. The number of isothiocyanates is 1. The van der Waals surface area contributed by atoms with Gasteiger partial charge in [0.25, 0.3) is 0 Å². The third-order valence-electron chi connectivity index (χ3n) is 3.27. The lowest BCUT2D eigenvalue weighted by molar-refractivity contribution is -0.222. The molecule has 0 spiro atoms. The summed E-state index contributed by atoms with van der Waals surface area (Å²) in [5.41, 5.74) is 0. The minimum absolute atomic E-state index is 0.290. The number of nitrogens with one attached hydrogen (secondary N) is 1. The number of hydrogen-bond acceptors (Lipinski definition) is 10. The van der Waals surface area contributed by atoms with Crippen molar-refractivity contribution in [2.75, 3.05) is 6.61 Å². The first-order valence-corrected chi connectivity index (χ1v) is 8.03. The van der Waals surface area contributed by atoms with E-state index in [9.17, 15) is 19.2 Å². The lowest BCUT2D eigenvalue weighted by Crippen LogP contribution is -2.65. The molecule has 0 unspecified atom stereocenters. The molecule has 10 nitrogen and oxygen atoms in total. The van der Waals surface area contributed by atoms with Crippen LogP contribution in [0.4, 0.5) is 0 Å². The molecule has 1 heterocycles. The highest BCUT2D eigenvalue weighted by Gasteiger charge is 2.50. The lowest BCUT2D eigenvalue weighted by Gasteiger charge is -2.43. The standard InChI is InChI=1S/C15H20N2O8S/c1-7(18)17-12-14(24-10(4)21)13(23-9(3)20)11(5-22-8(2)19)25-15(12)16-6-26/h11-15H,5H2,1-4H3,(H,17,18)/t11-,12+,13+,14+,15-/m0/s1. The van der Waals surface area contributed by atoms with E-state index in [-0.39, 0.29) is 6.61 Å². The number of aliphatic imine (C=N–C) groups is 1. The molecule has 0 bridgehead atoms. The third-order valence-corrected chi connectivity index (χ3v) is 3.38. The number of amides is 1. The number of nitrogens with zero attached hydrogens (tertiary/aromatic N) is 1. The monoisotopic (exact) mass is 388 g/mol. The first-order valence-electron chi connectivity index (χ1n) is 7.63. The zero-order valence-electron chi connectivity index (χ0n) is 14.7. The van der Waals surface area contributed by atoms with Crippen molar-refractivity contribution in [3.05, 3.63) is 0 Å². The van der Waals surface area contributed by atoms with E-state index < -0.39 is 54.4 Å². The van der Waals surface area contributed by atoms with E-state index >= 15 is 0 Å². The minimum atomic E-state index is -1.15. The average molecular weight is 388 g/mol. The number of hydrogen-bond donors (Lipinski definition) is 1. The molecule has 1 aliphatic rings. The highest BCUT2D eigenvalue weighted by atomic mass is 32.1. The van der Waals surface area contributed by atoms with E-state index in [2.05, 4.69) is 27.7 Å². The van der Waals surface area contributed by atoms with Crippen LogP contribution >= 0.6 is 12.2 Å². The fourth-order valence-electron chi connectivity index (χ4n) is 2.47. The molecule has 5 atom stereocenters. The molecule has 1 aliphatic heterocycles. The molecule has 0 aromatic carbocycles. The number of carbonyl (C=O) groups excluding carboxylic acids is 4. The van der Waals surface area contributed by atoms with Gasteiger partial charge in [-0.25, -0.2) is 0 Å². The summed E-state index contributed by atoms with van der Waals surface area (Å²) in [7, 11) is 0. The molecule has 1 fully saturated rings. The Morgan fingerprint density at radius 1 is 1.04 bits per heavy atom. The molecule has 0 aliphatic carbocycles. The highest BCUT2D eigenvalue weighted by molar-refractivity contribution is 7.78. The van der Waals surface area contributed by atoms with E-state index in [1.54, 1.807) is 0 Å². The fourth-order valence-corrected chi connectivity index (χ4v) is 2.57. The van der Waals surface area contributed by atoms with Gasteiger partial charge in [-0.1, -0.05) is 0 Å². The van der Waals surface area contributed by atoms with Gasteiger partial charge in [0, 0.05) is 27.7 Å². The van der Waals surface area contributed by atoms with Gasteiger partial charge < -0.3 is 24.3 Å². The van der Waals surface area contributed by atoms with Crippen LogP contribution in [0.3, 0.4) is 0 Å². The number of esters is 3. The van der Waals surface area contributed by atoms with Crippen molar-refractivity contribution in [3.8, 4) is 0 Å². The summed E-state index contributed by atoms with van der Waals surface area (Å²) in [6.45, 7) is 4.46. The Kier molecular flexibility index (Phi) is 8.30. The summed E-state index contributed by atoms with van der Waals surface area (Å²) in [6.07, 6.45) is -4.39. The maximum Gasteiger partial charge on any atom is 0.303 e. The third kappa shape index (κ3) is 6.51. The summed E-state index contributed by atoms with van der Waals surface area (Å²) in [6, 6.07) is -0.996. The van der Waals surface area contributed by atoms with Crippen LogP contribution in [-0.4, -0.2) is 66.2 Å². The van der Waals surface area contributed by atoms with Crippen molar-refractivity contribution in [3.63, 3.8) is 0 Å². The Balaban J connectivity index is 3.28. The van der Waals surface area contributed by atoms with Gasteiger partial charge in [-0.3, -0.25) is 19.2 Å². The van der Waals surface area contributed by atoms with Gasteiger partial charge in [0.1, 0.15) is 18.8 Å². The topological polar surface area (TPSA) is 130 Å². The van der Waals surface area contributed by atoms with Crippen LogP contribution in [0.1, 0.15) is 27.7 Å². The smallest absolute Gasteiger partial charge is 0.303 e. The Morgan fingerprint density at radius 2 is 1.62 bits per heavy atom. The number of rotatable bonds is 6. The lowest BCUT2D eigenvalue weighted by atomic mass is 9.95. The largest absolute Gasteiger partial charge is 0.463 e. The second-order valence-corrected chi connectivity index (χ2v) is 5.65. The van der Waals surface area contributed by atoms with Gasteiger partial charge in [-0.05, 0) is 12.2 Å². The summed E-state index contributed by atoms with van der Waals surface area (Å²) < 4.78 is 21.1. The van der Waals surface area contributed by atoms with E-state index in [1.165, 1.54) is 13.8 Å². The number of thiocarbonyl (C=S) groups is 1. The molecule has 144 valence electrons. The summed E-state index contributed by atoms with van der Waals surface area (Å²) in [5, 5.41) is 4.67. The van der Waals surface area contributed by atoms with Gasteiger partial charge in [0.2, 0.25) is 5.91 Å². The predicted molar refractivity (Wildman–Crippen MR) is 89.0 cm³/mol. The first-order chi connectivity index (χ1) is 12.1. The van der Waals surface area contributed by atoms with Crippen molar-refractivity contribution < 1.29 is 38.1 Å². The Bertz CT molecular complexity index is 619. The molecular weight excluding hydrogens is 368 g/mol.